The molecule has 0 N–H and O–H groups in total. The van der Waals surface area contributed by atoms with Crippen LogP contribution in [0.1, 0.15) is 34.1 Å². The van der Waals surface area contributed by atoms with Gasteiger partial charge < -0.3 is 4.74 Å². The number of hydrogen-bond acceptors (Lipinski definition) is 3. The highest BCUT2D eigenvalue weighted by Gasteiger charge is 2.53. The molecule has 0 aliphatic rings. The number of halogens is 6. The number of carbonyl (C=O) groups excluding carboxylic acids is 1. The molecule has 0 saturated carbocycles. The number of allylic oxidation sites excluding steroid dienone is 1. The second-order valence-electron chi connectivity index (χ2n) is 6.49. The third-order valence-electron chi connectivity index (χ3n) is 3.10. The first-order valence-electron chi connectivity index (χ1n) is 6.70. The van der Waals surface area contributed by atoms with Gasteiger partial charge in [-0.1, -0.05) is 26.0 Å². The number of esters is 1. The van der Waals surface area contributed by atoms with Crippen LogP contribution >= 0.6 is 0 Å². The van der Waals surface area contributed by atoms with Gasteiger partial charge in [-0.25, -0.2) is 0 Å². The van der Waals surface area contributed by atoms with Gasteiger partial charge in [0.15, 0.2) is 0 Å². The van der Waals surface area contributed by atoms with E-state index in [4.69, 9.17) is 0 Å². The highest BCUT2D eigenvalue weighted by Crippen LogP contribution is 2.36. The minimum Gasteiger partial charge on any atom is -0.469 e. The Morgan fingerprint density at radius 1 is 1.00 bits per heavy atom. The normalized spacial score (nSPS) is 14.6. The Balaban J connectivity index is 5.03. The summed E-state index contributed by atoms with van der Waals surface area (Å²) in [5.74, 6) is -0.508. The van der Waals surface area contributed by atoms with Crippen molar-refractivity contribution in [2.24, 2.45) is 10.8 Å². The molecule has 0 aliphatic carbocycles. The van der Waals surface area contributed by atoms with Crippen molar-refractivity contribution in [2.75, 3.05) is 13.7 Å². The van der Waals surface area contributed by atoms with Gasteiger partial charge in [0, 0.05) is 6.54 Å². The zero-order valence-corrected chi connectivity index (χ0v) is 13.6. The summed E-state index contributed by atoms with van der Waals surface area (Å²) in [6.07, 6.45) is -8.80. The average molecular weight is 349 g/mol. The van der Waals surface area contributed by atoms with Gasteiger partial charge in [-0.15, -0.1) is 4.90 Å². The number of rotatable bonds is 6. The molecule has 0 spiro atoms. The van der Waals surface area contributed by atoms with Crippen molar-refractivity contribution in [1.29, 1.82) is 0 Å². The fraction of sp³-hybridized carbons (Fsp3) is 0.786. The Morgan fingerprint density at radius 3 is 1.78 bits per heavy atom. The van der Waals surface area contributed by atoms with Gasteiger partial charge in [-0.2, -0.15) is 26.3 Å². The first-order chi connectivity index (χ1) is 10.0. The average Bonchev–Trinajstić information content (AvgIpc) is 2.28. The Kier molecular flexibility index (Phi) is 6.72. The van der Waals surface area contributed by atoms with Gasteiger partial charge in [0.05, 0.1) is 12.5 Å². The first-order valence-corrected chi connectivity index (χ1v) is 6.70. The monoisotopic (exact) mass is 349 g/mol. The third kappa shape index (κ3) is 7.24. The van der Waals surface area contributed by atoms with E-state index in [1.54, 1.807) is 27.7 Å². The molecular weight excluding hydrogens is 328 g/mol. The molecule has 0 amide bonds. The molecule has 0 fully saturated rings. The molecule has 3 nitrogen and oxygen atoms in total. The third-order valence-corrected chi connectivity index (χ3v) is 3.10. The molecule has 0 rings (SSSR count). The minimum absolute atomic E-state index is 0.196. The maximum Gasteiger partial charge on any atom is 0.467 e. The van der Waals surface area contributed by atoms with E-state index in [9.17, 15) is 31.1 Å². The lowest BCUT2D eigenvalue weighted by Gasteiger charge is -2.31. The van der Waals surface area contributed by atoms with Crippen LogP contribution in [0.4, 0.5) is 26.3 Å². The summed E-state index contributed by atoms with van der Waals surface area (Å²) >= 11 is 0. The quantitative estimate of drug-likeness (QED) is 0.306. The molecule has 0 aromatic heterocycles. The largest absolute Gasteiger partial charge is 0.469 e. The van der Waals surface area contributed by atoms with E-state index in [2.05, 4.69) is 4.74 Å². The van der Waals surface area contributed by atoms with E-state index >= 15 is 0 Å². The fourth-order valence-electron chi connectivity index (χ4n) is 2.37. The molecule has 0 heterocycles. The van der Waals surface area contributed by atoms with Gasteiger partial charge in [-0.3, -0.25) is 4.79 Å². The predicted molar refractivity (Wildman–Crippen MR) is 72.2 cm³/mol. The van der Waals surface area contributed by atoms with Crippen LogP contribution < -0.4 is 0 Å². The Morgan fingerprint density at radius 2 is 1.43 bits per heavy atom. The van der Waals surface area contributed by atoms with Crippen LogP contribution in [0, 0.1) is 10.8 Å². The summed E-state index contributed by atoms with van der Waals surface area (Å²) in [5.41, 5.74) is -1.71. The van der Waals surface area contributed by atoms with Crippen molar-refractivity contribution in [3.8, 4) is 0 Å². The fourth-order valence-corrected chi connectivity index (χ4v) is 2.37. The maximum absolute atomic E-state index is 12.4. The summed E-state index contributed by atoms with van der Waals surface area (Å²) in [4.78, 5) is 10.1. The van der Waals surface area contributed by atoms with Crippen LogP contribution in [0.2, 0.25) is 0 Å². The number of methoxy groups -OCH3 is 1. The molecule has 23 heavy (non-hydrogen) atoms. The summed E-state index contributed by atoms with van der Waals surface area (Å²) in [6, 6.07) is 0. The van der Waals surface area contributed by atoms with E-state index in [1.165, 1.54) is 13.2 Å². The van der Waals surface area contributed by atoms with Crippen LogP contribution in [0.5, 0.6) is 0 Å². The summed E-state index contributed by atoms with van der Waals surface area (Å²) in [6.45, 7) is 5.05. The Labute approximate surface area is 131 Å². The SMILES string of the molecule is COC(=O)C(C)(C)CC(C)(C)/C=C/CN(C(F)(F)F)C(F)(F)F. The molecule has 0 atom stereocenters. The molecule has 0 saturated heterocycles. The van der Waals surface area contributed by atoms with Crippen molar-refractivity contribution in [3.05, 3.63) is 12.2 Å². The van der Waals surface area contributed by atoms with E-state index < -0.39 is 40.8 Å². The first kappa shape index (κ1) is 21.8. The summed E-state index contributed by atoms with van der Waals surface area (Å²) in [5, 5.41) is 0. The van der Waals surface area contributed by atoms with Crippen molar-refractivity contribution >= 4 is 5.97 Å². The molecule has 0 radical (unpaired) electrons. The van der Waals surface area contributed by atoms with Crippen LogP contribution in [-0.2, 0) is 9.53 Å². The van der Waals surface area contributed by atoms with Gasteiger partial charge in [-0.05, 0) is 25.7 Å². The Bertz CT molecular complexity index is 424. The molecule has 0 aromatic rings. The molecule has 0 aromatic carbocycles. The van der Waals surface area contributed by atoms with Gasteiger partial charge in [0.1, 0.15) is 0 Å². The van der Waals surface area contributed by atoms with E-state index in [0.717, 1.165) is 6.08 Å². The Hall–Kier alpha value is -1.25. The number of carbonyl (C=O) groups is 1. The second kappa shape index (κ2) is 7.11. The molecule has 0 bridgehead atoms. The molecule has 136 valence electrons. The highest BCUT2D eigenvalue weighted by atomic mass is 19.4. The maximum atomic E-state index is 12.4. The van der Waals surface area contributed by atoms with Gasteiger partial charge >= 0.3 is 18.6 Å². The van der Waals surface area contributed by atoms with E-state index in [-0.39, 0.29) is 6.42 Å². The molecular formula is C14H21F6NO2. The standard InChI is InChI=1S/C14H21F6NO2/c1-11(2,9-12(3,4)10(22)23-5)7-6-8-21(13(15,16)17)14(18,19)20/h6-7H,8-9H2,1-5H3/b7-6+. The second-order valence-corrected chi connectivity index (χ2v) is 6.49. The molecule has 0 aliphatic heterocycles. The van der Waals surface area contributed by atoms with E-state index in [0.29, 0.717) is 0 Å². The number of nitrogens with zero attached hydrogens (tertiary/aromatic N) is 1. The zero-order valence-electron chi connectivity index (χ0n) is 13.6. The van der Waals surface area contributed by atoms with Crippen LogP contribution in [0.15, 0.2) is 12.2 Å². The van der Waals surface area contributed by atoms with Crippen molar-refractivity contribution in [3.63, 3.8) is 0 Å². The minimum atomic E-state index is -5.52. The highest BCUT2D eigenvalue weighted by molar-refractivity contribution is 5.75. The predicted octanol–water partition coefficient (Wildman–Crippen LogP) is 4.50. The number of ether oxygens (including phenoxy) is 1. The lowest BCUT2D eigenvalue weighted by molar-refractivity contribution is -0.369. The van der Waals surface area contributed by atoms with Gasteiger partial charge in [0.25, 0.3) is 0 Å². The van der Waals surface area contributed by atoms with Crippen molar-refractivity contribution in [1.82, 2.24) is 4.90 Å². The zero-order chi connectivity index (χ0) is 18.7. The van der Waals surface area contributed by atoms with E-state index in [1.807, 2.05) is 0 Å². The summed E-state index contributed by atoms with van der Waals surface area (Å²) in [7, 11) is 1.21. The smallest absolute Gasteiger partial charge is 0.467 e. The van der Waals surface area contributed by atoms with Gasteiger partial charge in [0.2, 0.25) is 0 Å². The molecule has 0 unspecified atom stereocenters. The van der Waals surface area contributed by atoms with Crippen LogP contribution in [0.25, 0.3) is 0 Å². The lowest BCUT2D eigenvalue weighted by Crippen LogP contribution is -2.48. The van der Waals surface area contributed by atoms with Crippen LogP contribution in [-0.4, -0.2) is 37.1 Å². The summed E-state index contributed by atoms with van der Waals surface area (Å²) < 4.78 is 78.8. The van der Waals surface area contributed by atoms with Crippen molar-refractivity contribution in [2.45, 2.75) is 46.7 Å². The lowest BCUT2D eigenvalue weighted by atomic mass is 9.75. The number of hydrogen-bond donors (Lipinski definition) is 0. The van der Waals surface area contributed by atoms with Crippen LogP contribution in [0.3, 0.4) is 0 Å². The topological polar surface area (TPSA) is 29.5 Å². The number of alkyl halides is 6. The molecule has 9 heteroatoms. The van der Waals surface area contributed by atoms with Crippen molar-refractivity contribution < 1.29 is 35.9 Å².